The smallest absolute Gasteiger partial charge is 0.326 e. The van der Waals surface area contributed by atoms with Crippen molar-refractivity contribution in [3.8, 4) is 0 Å². The van der Waals surface area contributed by atoms with E-state index in [4.69, 9.17) is 16.7 Å². The zero-order chi connectivity index (χ0) is 18.6. The number of aromatic nitrogens is 1. The second-order valence-electron chi connectivity index (χ2n) is 6.13. The maximum absolute atomic E-state index is 12.2. The van der Waals surface area contributed by atoms with Crippen molar-refractivity contribution < 1.29 is 19.5 Å². The lowest BCUT2D eigenvalue weighted by Gasteiger charge is -2.16. The van der Waals surface area contributed by atoms with Gasteiger partial charge < -0.3 is 20.7 Å². The van der Waals surface area contributed by atoms with E-state index in [1.165, 1.54) is 0 Å². The van der Waals surface area contributed by atoms with Gasteiger partial charge in [0.15, 0.2) is 0 Å². The van der Waals surface area contributed by atoms with Crippen LogP contribution in [0.15, 0.2) is 24.3 Å². The van der Waals surface area contributed by atoms with E-state index >= 15 is 0 Å². The summed E-state index contributed by atoms with van der Waals surface area (Å²) in [5.41, 5.74) is 0.873. The third-order valence-corrected chi connectivity index (χ3v) is 4.01. The molecule has 134 valence electrons. The molecule has 8 heteroatoms. The van der Waals surface area contributed by atoms with Crippen LogP contribution in [0.5, 0.6) is 0 Å². The highest BCUT2D eigenvalue weighted by molar-refractivity contribution is 6.38. The summed E-state index contributed by atoms with van der Waals surface area (Å²) in [6, 6.07) is 6.19. The normalized spacial score (nSPS) is 12.2. The molecule has 1 aromatic carbocycles. The van der Waals surface area contributed by atoms with Crippen molar-refractivity contribution in [3.05, 3.63) is 35.0 Å². The first-order valence-electron chi connectivity index (χ1n) is 7.86. The van der Waals surface area contributed by atoms with E-state index in [0.29, 0.717) is 17.3 Å². The number of hydrogen-bond acceptors (Lipinski definition) is 3. The molecule has 4 N–H and O–H groups in total. The molecule has 25 heavy (non-hydrogen) atoms. The number of aromatic amines is 1. The molecule has 1 aromatic heterocycles. The van der Waals surface area contributed by atoms with Gasteiger partial charge in [-0.25, -0.2) is 4.79 Å². The number of carboxylic acid groups (broad SMARTS) is 1. The summed E-state index contributed by atoms with van der Waals surface area (Å²) in [5.74, 6) is -2.10. The number of halogens is 1. The van der Waals surface area contributed by atoms with Gasteiger partial charge in [-0.15, -0.1) is 0 Å². The van der Waals surface area contributed by atoms with E-state index in [-0.39, 0.29) is 23.2 Å². The second kappa shape index (κ2) is 8.02. The number of rotatable bonds is 7. The van der Waals surface area contributed by atoms with Gasteiger partial charge in [-0.1, -0.05) is 43.6 Å². The van der Waals surface area contributed by atoms with Gasteiger partial charge >= 0.3 is 5.97 Å². The molecule has 0 fully saturated rings. The van der Waals surface area contributed by atoms with E-state index in [2.05, 4.69) is 15.6 Å². The molecule has 0 spiro atoms. The average molecular weight is 366 g/mol. The molecular formula is C17H20ClN3O4. The minimum atomic E-state index is -1.10. The number of carboxylic acids is 1. The van der Waals surface area contributed by atoms with Gasteiger partial charge in [0.1, 0.15) is 11.7 Å². The fourth-order valence-corrected chi connectivity index (χ4v) is 2.75. The first-order valence-corrected chi connectivity index (χ1v) is 8.24. The molecule has 2 amide bonds. The summed E-state index contributed by atoms with van der Waals surface area (Å²) in [5, 5.41) is 14.9. The first-order chi connectivity index (χ1) is 11.8. The van der Waals surface area contributed by atoms with Crippen LogP contribution in [0.4, 0.5) is 0 Å². The molecule has 1 atom stereocenters. The highest BCUT2D eigenvalue weighted by Gasteiger charge is 2.22. The number of hydrogen-bond donors (Lipinski definition) is 4. The Morgan fingerprint density at radius 1 is 1.24 bits per heavy atom. The number of para-hydroxylation sites is 1. The predicted molar refractivity (Wildman–Crippen MR) is 94.7 cm³/mol. The zero-order valence-electron chi connectivity index (χ0n) is 13.9. The van der Waals surface area contributed by atoms with Crippen molar-refractivity contribution in [2.24, 2.45) is 5.92 Å². The highest BCUT2D eigenvalue weighted by Crippen LogP contribution is 2.26. The van der Waals surface area contributed by atoms with Crippen LogP contribution < -0.4 is 10.6 Å². The minimum Gasteiger partial charge on any atom is -0.480 e. The van der Waals surface area contributed by atoms with Gasteiger partial charge in [0.25, 0.3) is 5.91 Å². The standard InChI is InChI=1S/C17H20ClN3O4/c1-9(2)7-12(17(24)25)20-13(22)8-19-16(23)15-14(18)10-5-3-4-6-11(10)21-15/h3-6,9,12,21H,7-8H2,1-2H3,(H,19,23)(H,20,22)(H,24,25)/t12-/m0/s1. The van der Waals surface area contributed by atoms with Gasteiger partial charge in [-0.05, 0) is 18.4 Å². The Morgan fingerprint density at radius 3 is 2.52 bits per heavy atom. The van der Waals surface area contributed by atoms with Crippen LogP contribution in [0.3, 0.4) is 0 Å². The molecular weight excluding hydrogens is 346 g/mol. The number of nitrogens with one attached hydrogen (secondary N) is 3. The summed E-state index contributed by atoms with van der Waals surface area (Å²) < 4.78 is 0. The van der Waals surface area contributed by atoms with Crippen molar-refractivity contribution in [3.63, 3.8) is 0 Å². The van der Waals surface area contributed by atoms with Crippen molar-refractivity contribution in [1.29, 1.82) is 0 Å². The lowest BCUT2D eigenvalue weighted by atomic mass is 10.0. The van der Waals surface area contributed by atoms with Crippen LogP contribution in [0.1, 0.15) is 30.8 Å². The number of carbonyl (C=O) groups is 3. The fourth-order valence-electron chi connectivity index (χ4n) is 2.45. The Hall–Kier alpha value is -2.54. The van der Waals surface area contributed by atoms with Gasteiger partial charge in [-0.3, -0.25) is 9.59 Å². The van der Waals surface area contributed by atoms with Gasteiger partial charge in [0, 0.05) is 10.9 Å². The summed E-state index contributed by atoms with van der Waals surface area (Å²) in [7, 11) is 0. The third-order valence-electron chi connectivity index (χ3n) is 3.62. The fraction of sp³-hybridized carbons (Fsp3) is 0.353. The van der Waals surface area contributed by atoms with E-state index in [9.17, 15) is 14.4 Å². The van der Waals surface area contributed by atoms with E-state index < -0.39 is 23.8 Å². The summed E-state index contributed by atoms with van der Waals surface area (Å²) >= 11 is 6.18. The summed E-state index contributed by atoms with van der Waals surface area (Å²) in [6.45, 7) is 3.38. The molecule has 0 unspecified atom stereocenters. The Labute approximate surface area is 149 Å². The molecule has 2 rings (SSSR count). The van der Waals surface area contributed by atoms with Crippen molar-refractivity contribution >= 4 is 40.3 Å². The SMILES string of the molecule is CC(C)C[C@H](NC(=O)CNC(=O)c1[nH]c2ccccc2c1Cl)C(=O)O. The monoisotopic (exact) mass is 365 g/mol. The van der Waals surface area contributed by atoms with Gasteiger partial charge in [0.2, 0.25) is 5.91 Å². The van der Waals surface area contributed by atoms with E-state index in [1.54, 1.807) is 18.2 Å². The summed E-state index contributed by atoms with van der Waals surface area (Å²) in [4.78, 5) is 38.2. The Bertz CT molecular complexity index is 800. The molecule has 0 saturated heterocycles. The summed E-state index contributed by atoms with van der Waals surface area (Å²) in [6.07, 6.45) is 0.308. The molecule has 0 bridgehead atoms. The number of H-pyrrole nitrogens is 1. The number of fused-ring (bicyclic) bond motifs is 1. The maximum Gasteiger partial charge on any atom is 0.326 e. The van der Waals surface area contributed by atoms with Crippen LogP contribution in [0.2, 0.25) is 5.02 Å². The largest absolute Gasteiger partial charge is 0.480 e. The molecule has 0 aliphatic rings. The average Bonchev–Trinajstić information content (AvgIpc) is 2.89. The molecule has 0 saturated carbocycles. The molecule has 0 radical (unpaired) electrons. The molecule has 0 aliphatic carbocycles. The molecule has 0 aliphatic heterocycles. The predicted octanol–water partition coefficient (Wildman–Crippen LogP) is 2.17. The lowest BCUT2D eigenvalue weighted by Crippen LogP contribution is -2.46. The van der Waals surface area contributed by atoms with Crippen molar-refractivity contribution in [2.45, 2.75) is 26.3 Å². The lowest BCUT2D eigenvalue weighted by molar-refractivity contribution is -0.142. The van der Waals surface area contributed by atoms with Gasteiger partial charge in [-0.2, -0.15) is 0 Å². The number of aliphatic carboxylic acids is 1. The Morgan fingerprint density at radius 2 is 1.92 bits per heavy atom. The van der Waals surface area contributed by atoms with E-state index in [0.717, 1.165) is 0 Å². The topological polar surface area (TPSA) is 111 Å². The molecule has 7 nitrogen and oxygen atoms in total. The van der Waals surface area contributed by atoms with Gasteiger partial charge in [0.05, 0.1) is 11.6 Å². The minimum absolute atomic E-state index is 0.112. The zero-order valence-corrected chi connectivity index (χ0v) is 14.7. The van der Waals surface area contributed by atoms with Crippen LogP contribution in [0, 0.1) is 5.92 Å². The Kier molecular flexibility index (Phi) is 6.03. The highest BCUT2D eigenvalue weighted by atomic mass is 35.5. The number of carbonyl (C=O) groups excluding carboxylic acids is 2. The Balaban J connectivity index is 1.97. The molecule has 2 aromatic rings. The number of amides is 2. The van der Waals surface area contributed by atoms with Crippen LogP contribution >= 0.6 is 11.6 Å². The third kappa shape index (κ3) is 4.73. The van der Waals surface area contributed by atoms with Crippen molar-refractivity contribution in [1.82, 2.24) is 15.6 Å². The second-order valence-corrected chi connectivity index (χ2v) is 6.51. The quantitative estimate of drug-likeness (QED) is 0.602. The first kappa shape index (κ1) is 18.8. The van der Waals surface area contributed by atoms with Crippen LogP contribution in [-0.4, -0.2) is 40.5 Å². The molecule has 1 heterocycles. The van der Waals surface area contributed by atoms with E-state index in [1.807, 2.05) is 19.9 Å². The van der Waals surface area contributed by atoms with Crippen LogP contribution in [-0.2, 0) is 9.59 Å². The maximum atomic E-state index is 12.2. The number of benzene rings is 1. The van der Waals surface area contributed by atoms with Crippen molar-refractivity contribution in [2.75, 3.05) is 6.54 Å². The van der Waals surface area contributed by atoms with Crippen LogP contribution in [0.25, 0.3) is 10.9 Å².